The smallest absolute Gasteiger partial charge is 0.121 e. The molecule has 1 atom stereocenters. The molecule has 3 nitrogen and oxygen atoms in total. The zero-order valence-electron chi connectivity index (χ0n) is 14.2. The van der Waals surface area contributed by atoms with Crippen LogP contribution in [0.25, 0.3) is 0 Å². The summed E-state index contributed by atoms with van der Waals surface area (Å²) in [6.07, 6.45) is 4.01. The van der Waals surface area contributed by atoms with Crippen molar-refractivity contribution in [2.45, 2.75) is 53.1 Å². The van der Waals surface area contributed by atoms with E-state index >= 15 is 0 Å². The Balaban J connectivity index is 2.41. The summed E-state index contributed by atoms with van der Waals surface area (Å²) in [5.41, 5.74) is 1.24. The molecule has 0 saturated carbocycles. The van der Waals surface area contributed by atoms with Crippen LogP contribution in [0.4, 0.5) is 5.69 Å². The summed E-state index contributed by atoms with van der Waals surface area (Å²) >= 11 is 0. The second kappa shape index (κ2) is 10.5. The molecule has 0 aliphatic heterocycles. The molecule has 0 bridgehead atoms. The van der Waals surface area contributed by atoms with Gasteiger partial charge in [0.2, 0.25) is 0 Å². The van der Waals surface area contributed by atoms with Crippen LogP contribution >= 0.6 is 0 Å². The van der Waals surface area contributed by atoms with E-state index in [0.717, 1.165) is 31.9 Å². The monoisotopic (exact) mass is 292 g/mol. The second-order valence-electron chi connectivity index (χ2n) is 5.51. The van der Waals surface area contributed by atoms with Gasteiger partial charge in [0.1, 0.15) is 11.9 Å². The van der Waals surface area contributed by atoms with Gasteiger partial charge in [0.25, 0.3) is 0 Å². The fraction of sp³-hybridized carbons (Fsp3) is 0.667. The summed E-state index contributed by atoms with van der Waals surface area (Å²) in [4.78, 5) is 2.33. The average Bonchev–Trinajstić information content (AvgIpc) is 2.49. The lowest BCUT2D eigenvalue weighted by atomic mass is 10.2. The van der Waals surface area contributed by atoms with Crippen LogP contribution in [0.15, 0.2) is 24.3 Å². The van der Waals surface area contributed by atoms with Crippen LogP contribution in [0.1, 0.15) is 47.0 Å². The third-order valence-corrected chi connectivity index (χ3v) is 3.67. The van der Waals surface area contributed by atoms with Gasteiger partial charge >= 0.3 is 0 Å². The molecular formula is C18H32N2O. The highest BCUT2D eigenvalue weighted by Crippen LogP contribution is 2.21. The lowest BCUT2D eigenvalue weighted by Gasteiger charge is -2.22. The van der Waals surface area contributed by atoms with Gasteiger partial charge in [-0.3, -0.25) is 0 Å². The minimum atomic E-state index is 0.193. The third kappa shape index (κ3) is 6.85. The van der Waals surface area contributed by atoms with Gasteiger partial charge < -0.3 is 15.0 Å². The molecule has 0 fully saturated rings. The van der Waals surface area contributed by atoms with E-state index in [0.29, 0.717) is 0 Å². The van der Waals surface area contributed by atoms with E-state index in [1.54, 1.807) is 0 Å². The first-order chi connectivity index (χ1) is 10.2. The number of anilines is 1. The number of hydrogen-bond donors (Lipinski definition) is 1. The van der Waals surface area contributed by atoms with Crippen LogP contribution in [-0.2, 0) is 0 Å². The Morgan fingerprint density at radius 1 is 1.14 bits per heavy atom. The van der Waals surface area contributed by atoms with Crippen LogP contribution in [0, 0.1) is 0 Å². The molecule has 1 aromatic carbocycles. The fourth-order valence-electron chi connectivity index (χ4n) is 2.42. The first-order valence-electron chi connectivity index (χ1n) is 8.43. The van der Waals surface area contributed by atoms with E-state index in [4.69, 9.17) is 4.74 Å². The normalized spacial score (nSPS) is 12.2. The summed E-state index contributed by atoms with van der Waals surface area (Å²) in [5, 5.41) is 3.46. The zero-order chi connectivity index (χ0) is 15.5. The topological polar surface area (TPSA) is 24.5 Å². The fourth-order valence-corrected chi connectivity index (χ4v) is 2.42. The largest absolute Gasteiger partial charge is 0.489 e. The van der Waals surface area contributed by atoms with Crippen LogP contribution < -0.4 is 15.0 Å². The van der Waals surface area contributed by atoms with E-state index < -0.39 is 0 Å². The molecule has 0 saturated heterocycles. The molecule has 0 spiro atoms. The number of nitrogens with one attached hydrogen (secondary N) is 1. The Morgan fingerprint density at radius 2 is 1.90 bits per heavy atom. The molecule has 0 aromatic heterocycles. The highest BCUT2D eigenvalue weighted by Gasteiger charge is 2.06. The number of rotatable bonds is 11. The summed E-state index contributed by atoms with van der Waals surface area (Å²) < 4.78 is 6.01. The number of benzene rings is 1. The van der Waals surface area contributed by atoms with E-state index in [1.807, 2.05) is 6.07 Å². The standard InChI is InChI=1S/C18H32N2O/c1-5-8-9-13-19-15-16(4)21-18-12-10-11-17(14-18)20(6-2)7-3/h10-12,14,16,19H,5-9,13,15H2,1-4H3. The van der Waals surface area contributed by atoms with Crippen molar-refractivity contribution < 1.29 is 4.74 Å². The molecule has 0 amide bonds. The number of hydrogen-bond acceptors (Lipinski definition) is 3. The number of nitrogens with zero attached hydrogens (tertiary/aromatic N) is 1. The molecule has 0 radical (unpaired) electrons. The summed E-state index contributed by atoms with van der Waals surface area (Å²) in [5.74, 6) is 0.960. The predicted octanol–water partition coefficient (Wildman–Crippen LogP) is 4.08. The van der Waals surface area contributed by atoms with Crippen LogP contribution in [0.5, 0.6) is 5.75 Å². The van der Waals surface area contributed by atoms with Crippen LogP contribution in [0.2, 0.25) is 0 Å². The average molecular weight is 292 g/mol. The van der Waals surface area contributed by atoms with Crippen molar-refractivity contribution in [3.8, 4) is 5.75 Å². The van der Waals surface area contributed by atoms with Crippen molar-refractivity contribution in [3.63, 3.8) is 0 Å². The maximum absolute atomic E-state index is 6.01. The van der Waals surface area contributed by atoms with Gasteiger partial charge in [-0.05, 0) is 45.9 Å². The quantitative estimate of drug-likeness (QED) is 0.622. The molecule has 0 aliphatic carbocycles. The maximum Gasteiger partial charge on any atom is 0.121 e. The van der Waals surface area contributed by atoms with Crippen molar-refractivity contribution in [1.82, 2.24) is 5.32 Å². The van der Waals surface area contributed by atoms with Gasteiger partial charge in [0, 0.05) is 31.4 Å². The Bertz CT molecular complexity index is 377. The van der Waals surface area contributed by atoms with E-state index in [1.165, 1.54) is 24.9 Å². The van der Waals surface area contributed by atoms with Crippen molar-refractivity contribution in [3.05, 3.63) is 24.3 Å². The molecule has 0 aliphatic rings. The number of ether oxygens (including phenoxy) is 1. The predicted molar refractivity (Wildman–Crippen MR) is 92.5 cm³/mol. The number of unbranched alkanes of at least 4 members (excludes halogenated alkanes) is 2. The van der Waals surface area contributed by atoms with Gasteiger partial charge in [-0.2, -0.15) is 0 Å². The minimum absolute atomic E-state index is 0.193. The third-order valence-electron chi connectivity index (χ3n) is 3.67. The summed E-state index contributed by atoms with van der Waals surface area (Å²) in [6, 6.07) is 8.40. The van der Waals surface area contributed by atoms with E-state index in [2.05, 4.69) is 56.1 Å². The Labute approximate surface area is 130 Å². The SMILES string of the molecule is CCCCCNCC(C)Oc1cccc(N(CC)CC)c1. The Morgan fingerprint density at radius 3 is 2.57 bits per heavy atom. The van der Waals surface area contributed by atoms with Gasteiger partial charge in [-0.15, -0.1) is 0 Å². The first kappa shape index (κ1) is 17.8. The lowest BCUT2D eigenvalue weighted by molar-refractivity contribution is 0.217. The minimum Gasteiger partial charge on any atom is -0.489 e. The van der Waals surface area contributed by atoms with Crippen molar-refractivity contribution in [1.29, 1.82) is 0 Å². The molecular weight excluding hydrogens is 260 g/mol. The van der Waals surface area contributed by atoms with Gasteiger partial charge in [-0.1, -0.05) is 25.8 Å². The van der Waals surface area contributed by atoms with Gasteiger partial charge in [-0.25, -0.2) is 0 Å². The Kier molecular flexibility index (Phi) is 8.91. The van der Waals surface area contributed by atoms with Crippen LogP contribution in [-0.4, -0.2) is 32.3 Å². The molecule has 21 heavy (non-hydrogen) atoms. The second-order valence-corrected chi connectivity index (χ2v) is 5.51. The van der Waals surface area contributed by atoms with Crippen molar-refractivity contribution in [2.24, 2.45) is 0 Å². The van der Waals surface area contributed by atoms with Crippen molar-refractivity contribution >= 4 is 5.69 Å². The van der Waals surface area contributed by atoms with E-state index in [9.17, 15) is 0 Å². The van der Waals surface area contributed by atoms with E-state index in [-0.39, 0.29) is 6.10 Å². The van der Waals surface area contributed by atoms with Crippen LogP contribution in [0.3, 0.4) is 0 Å². The zero-order valence-corrected chi connectivity index (χ0v) is 14.2. The molecule has 1 unspecified atom stereocenters. The highest BCUT2D eigenvalue weighted by molar-refractivity contribution is 5.50. The molecule has 1 rings (SSSR count). The molecule has 0 heterocycles. The molecule has 1 aromatic rings. The van der Waals surface area contributed by atoms with Gasteiger partial charge in [0.15, 0.2) is 0 Å². The Hall–Kier alpha value is -1.22. The summed E-state index contributed by atoms with van der Waals surface area (Å²) in [6.45, 7) is 12.7. The van der Waals surface area contributed by atoms with Gasteiger partial charge in [0.05, 0.1) is 0 Å². The first-order valence-corrected chi connectivity index (χ1v) is 8.43. The summed E-state index contributed by atoms with van der Waals surface area (Å²) in [7, 11) is 0. The lowest BCUT2D eigenvalue weighted by Crippen LogP contribution is -2.29. The highest BCUT2D eigenvalue weighted by atomic mass is 16.5. The maximum atomic E-state index is 6.01. The molecule has 1 N–H and O–H groups in total. The van der Waals surface area contributed by atoms with Crippen molar-refractivity contribution in [2.75, 3.05) is 31.1 Å². The molecule has 120 valence electrons. The molecule has 3 heteroatoms.